The van der Waals surface area contributed by atoms with Crippen LogP contribution in [0.4, 0.5) is 0 Å². The predicted octanol–water partition coefficient (Wildman–Crippen LogP) is 5.06. The third-order valence-electron chi connectivity index (χ3n) is 4.20. The van der Waals surface area contributed by atoms with E-state index in [0.717, 1.165) is 25.9 Å². The summed E-state index contributed by atoms with van der Waals surface area (Å²) in [5, 5.41) is 0.259. The summed E-state index contributed by atoms with van der Waals surface area (Å²) in [6.07, 6.45) is 2.73. The van der Waals surface area contributed by atoms with E-state index in [2.05, 4.69) is 45.7 Å². The van der Waals surface area contributed by atoms with Crippen LogP contribution in [0.25, 0.3) is 0 Å². The van der Waals surface area contributed by atoms with Crippen molar-refractivity contribution in [2.75, 3.05) is 6.61 Å². The number of carbonyl (C=O) groups is 1. The van der Waals surface area contributed by atoms with Crippen LogP contribution in [0.3, 0.4) is 0 Å². The van der Waals surface area contributed by atoms with Crippen LogP contribution in [0, 0.1) is 11.8 Å². The van der Waals surface area contributed by atoms with Gasteiger partial charge in [-0.25, -0.2) is 0 Å². The van der Waals surface area contributed by atoms with E-state index in [0.29, 0.717) is 5.56 Å². The first-order valence-corrected chi connectivity index (χ1v) is 10.9. The first-order chi connectivity index (χ1) is 10.2. The minimum absolute atomic E-state index is 0.0990. The van der Waals surface area contributed by atoms with Gasteiger partial charge in [0.25, 0.3) is 0 Å². The second kappa shape index (κ2) is 8.31. The molecule has 0 fully saturated rings. The van der Waals surface area contributed by atoms with Crippen molar-refractivity contribution in [2.24, 2.45) is 0 Å². The van der Waals surface area contributed by atoms with Gasteiger partial charge in [0.05, 0.1) is 0 Å². The molecule has 0 saturated heterocycles. The molecule has 1 aromatic carbocycles. The third kappa shape index (κ3) is 6.17. The second-order valence-corrected chi connectivity index (χ2v) is 11.9. The van der Waals surface area contributed by atoms with Gasteiger partial charge in [-0.3, -0.25) is 4.79 Å². The minimum Gasteiger partial charge on any atom is -0.417 e. The minimum atomic E-state index is -1.63. The average molecular weight is 317 g/mol. The van der Waals surface area contributed by atoms with Gasteiger partial charge in [-0.1, -0.05) is 57.0 Å². The molecule has 0 N–H and O–H groups in total. The largest absolute Gasteiger partial charge is 0.417 e. The Morgan fingerprint density at radius 1 is 1.14 bits per heavy atom. The van der Waals surface area contributed by atoms with Gasteiger partial charge in [-0.05, 0) is 36.9 Å². The Morgan fingerprint density at radius 2 is 1.77 bits per heavy atom. The molecule has 0 heterocycles. The van der Waals surface area contributed by atoms with E-state index in [4.69, 9.17) is 4.43 Å². The van der Waals surface area contributed by atoms with Crippen LogP contribution in [0.15, 0.2) is 30.3 Å². The maximum absolute atomic E-state index is 11.8. The standard InChI is InChI=1S/C19H28O2Si/c1-19(2,3)22(4,5)21-16-12-7-6-11-15-18(20)17-13-9-8-10-14-17/h8-10,13-14H,6-7,12,16H2,1-5H3. The molecule has 0 amide bonds. The molecule has 0 bridgehead atoms. The molecule has 1 rings (SSSR count). The molecule has 120 valence electrons. The maximum Gasteiger partial charge on any atom is 0.235 e. The molecule has 0 aliphatic heterocycles. The third-order valence-corrected chi connectivity index (χ3v) is 8.74. The van der Waals surface area contributed by atoms with Crippen molar-refractivity contribution >= 4 is 14.1 Å². The molecule has 0 spiro atoms. The highest BCUT2D eigenvalue weighted by Crippen LogP contribution is 2.36. The number of carbonyl (C=O) groups excluding carboxylic acids is 1. The maximum atomic E-state index is 11.8. The van der Waals surface area contributed by atoms with Gasteiger partial charge < -0.3 is 4.43 Å². The van der Waals surface area contributed by atoms with Gasteiger partial charge in [0.1, 0.15) is 0 Å². The Labute approximate surface area is 136 Å². The Bertz CT molecular complexity index is 530. The van der Waals surface area contributed by atoms with Crippen LogP contribution < -0.4 is 0 Å². The fourth-order valence-corrected chi connectivity index (χ4v) is 2.75. The molecule has 2 nitrogen and oxygen atoms in total. The van der Waals surface area contributed by atoms with Crippen molar-refractivity contribution in [3.63, 3.8) is 0 Å². The second-order valence-electron chi connectivity index (χ2n) is 7.06. The topological polar surface area (TPSA) is 26.3 Å². The Kier molecular flexibility index (Phi) is 7.05. The van der Waals surface area contributed by atoms with Crippen LogP contribution in [0.5, 0.6) is 0 Å². The van der Waals surface area contributed by atoms with E-state index in [1.807, 2.05) is 18.2 Å². The molecule has 3 heteroatoms. The summed E-state index contributed by atoms with van der Waals surface area (Å²) >= 11 is 0. The molecule has 0 atom stereocenters. The number of ketones is 1. The lowest BCUT2D eigenvalue weighted by Gasteiger charge is -2.36. The number of rotatable bonds is 6. The van der Waals surface area contributed by atoms with Crippen LogP contribution in [-0.4, -0.2) is 20.7 Å². The van der Waals surface area contributed by atoms with Crippen LogP contribution >= 0.6 is 0 Å². The summed E-state index contributed by atoms with van der Waals surface area (Å²) in [5.41, 5.74) is 0.663. The first kappa shape index (κ1) is 18.7. The smallest absolute Gasteiger partial charge is 0.235 e. The Hall–Kier alpha value is -1.37. The quantitative estimate of drug-likeness (QED) is 0.241. The molecule has 22 heavy (non-hydrogen) atoms. The van der Waals surface area contributed by atoms with Gasteiger partial charge in [0, 0.05) is 18.6 Å². The molecule has 0 aromatic heterocycles. The van der Waals surface area contributed by atoms with Gasteiger partial charge in [-0.15, -0.1) is 0 Å². The zero-order chi connectivity index (χ0) is 16.6. The van der Waals surface area contributed by atoms with E-state index < -0.39 is 8.32 Å². The van der Waals surface area contributed by atoms with E-state index in [9.17, 15) is 4.79 Å². The number of benzene rings is 1. The summed E-state index contributed by atoms with van der Waals surface area (Å²) in [6, 6.07) is 9.20. The normalized spacial score (nSPS) is 11.7. The molecule has 0 aliphatic carbocycles. The molecule has 0 radical (unpaired) electrons. The SMILES string of the molecule is CC(C)(C)[Si](C)(C)OCCCCC#CC(=O)c1ccccc1. The lowest BCUT2D eigenvalue weighted by atomic mass is 10.1. The van der Waals surface area contributed by atoms with Crippen molar-refractivity contribution in [3.8, 4) is 11.8 Å². The molecule has 0 unspecified atom stereocenters. The summed E-state index contributed by atoms with van der Waals surface area (Å²) in [5.74, 6) is 5.58. The summed E-state index contributed by atoms with van der Waals surface area (Å²) in [6.45, 7) is 12.1. The van der Waals surface area contributed by atoms with E-state index in [-0.39, 0.29) is 10.8 Å². The highest BCUT2D eigenvalue weighted by Gasteiger charge is 2.36. The molecular formula is C19H28O2Si. The average Bonchev–Trinajstić information content (AvgIpc) is 2.45. The number of hydrogen-bond donors (Lipinski definition) is 0. The number of Topliss-reactive ketones (excluding diaryl/α,β-unsaturated/α-hetero) is 1. The Morgan fingerprint density at radius 3 is 2.36 bits per heavy atom. The van der Waals surface area contributed by atoms with E-state index in [1.165, 1.54) is 0 Å². The van der Waals surface area contributed by atoms with Gasteiger partial charge in [0.15, 0.2) is 8.32 Å². The van der Waals surface area contributed by atoms with Crippen molar-refractivity contribution in [1.29, 1.82) is 0 Å². The van der Waals surface area contributed by atoms with Gasteiger partial charge in [-0.2, -0.15) is 0 Å². The Balaban J connectivity index is 2.25. The number of hydrogen-bond acceptors (Lipinski definition) is 2. The summed E-state index contributed by atoms with van der Waals surface area (Å²) in [4.78, 5) is 11.8. The van der Waals surface area contributed by atoms with E-state index in [1.54, 1.807) is 12.1 Å². The molecule has 0 aliphatic rings. The summed E-state index contributed by atoms with van der Waals surface area (Å²) < 4.78 is 6.11. The van der Waals surface area contributed by atoms with Gasteiger partial charge >= 0.3 is 0 Å². The fourth-order valence-electron chi connectivity index (χ4n) is 1.66. The van der Waals surface area contributed by atoms with Crippen LogP contribution in [0.2, 0.25) is 18.1 Å². The lowest BCUT2D eigenvalue weighted by Crippen LogP contribution is -2.40. The van der Waals surface area contributed by atoms with Gasteiger partial charge in [0.2, 0.25) is 5.78 Å². The lowest BCUT2D eigenvalue weighted by molar-refractivity contribution is 0.105. The fraction of sp³-hybridized carbons (Fsp3) is 0.526. The van der Waals surface area contributed by atoms with Crippen LogP contribution in [0.1, 0.15) is 50.4 Å². The molecule has 0 saturated carbocycles. The zero-order valence-electron chi connectivity index (χ0n) is 14.5. The summed E-state index contributed by atoms with van der Waals surface area (Å²) in [7, 11) is -1.63. The monoisotopic (exact) mass is 316 g/mol. The van der Waals surface area contributed by atoms with Crippen molar-refractivity contribution < 1.29 is 9.22 Å². The number of unbranched alkanes of at least 4 members (excludes halogenated alkanes) is 2. The highest BCUT2D eigenvalue weighted by molar-refractivity contribution is 6.74. The van der Waals surface area contributed by atoms with Crippen molar-refractivity contribution in [2.45, 2.75) is 58.2 Å². The molecule has 1 aromatic rings. The molecular weight excluding hydrogens is 288 g/mol. The van der Waals surface area contributed by atoms with E-state index >= 15 is 0 Å². The van der Waals surface area contributed by atoms with Crippen molar-refractivity contribution in [3.05, 3.63) is 35.9 Å². The first-order valence-electron chi connectivity index (χ1n) is 7.96. The predicted molar refractivity (Wildman–Crippen MR) is 95.5 cm³/mol. The highest BCUT2D eigenvalue weighted by atomic mass is 28.4. The zero-order valence-corrected chi connectivity index (χ0v) is 15.5. The van der Waals surface area contributed by atoms with Crippen molar-refractivity contribution in [1.82, 2.24) is 0 Å². The van der Waals surface area contributed by atoms with Crippen LogP contribution in [-0.2, 0) is 4.43 Å².